The highest BCUT2D eigenvalue weighted by Gasteiger charge is 2.31. The Labute approximate surface area is 99.6 Å². The number of hydrogen-bond donors (Lipinski definition) is 1. The average molecular weight is 237 g/mol. The van der Waals surface area contributed by atoms with E-state index < -0.39 is 6.10 Å². The molecule has 0 unspecified atom stereocenters. The Morgan fingerprint density at radius 2 is 2.06 bits per heavy atom. The van der Waals surface area contributed by atoms with E-state index in [2.05, 4.69) is 0 Å². The summed E-state index contributed by atoms with van der Waals surface area (Å²) in [4.78, 5) is 13.7. The highest BCUT2D eigenvalue weighted by Crippen LogP contribution is 2.26. The van der Waals surface area contributed by atoms with Gasteiger partial charge in [-0.25, -0.2) is 0 Å². The fourth-order valence-electron chi connectivity index (χ4n) is 1.77. The average Bonchev–Trinajstić information content (AvgIpc) is 2.33. The van der Waals surface area contributed by atoms with E-state index in [1.807, 2.05) is 0 Å². The standard InChI is InChI=1S/C12H15NO4/c1-16-9-3-4-11(17-2)10(5-9)12(15)13-6-8(14)7-13/h3-5,8,14H,6-7H2,1-2H3. The zero-order valence-corrected chi connectivity index (χ0v) is 9.84. The number of aliphatic hydroxyl groups is 1. The second-order valence-electron chi connectivity index (χ2n) is 3.93. The zero-order chi connectivity index (χ0) is 12.4. The largest absolute Gasteiger partial charge is 0.497 e. The van der Waals surface area contributed by atoms with Crippen LogP contribution >= 0.6 is 0 Å². The zero-order valence-electron chi connectivity index (χ0n) is 9.84. The van der Waals surface area contributed by atoms with E-state index in [9.17, 15) is 9.90 Å². The lowest BCUT2D eigenvalue weighted by atomic mass is 10.1. The van der Waals surface area contributed by atoms with Crippen LogP contribution in [0.25, 0.3) is 0 Å². The van der Waals surface area contributed by atoms with Gasteiger partial charge >= 0.3 is 0 Å². The summed E-state index contributed by atoms with van der Waals surface area (Å²) in [6.45, 7) is 0.748. The Hall–Kier alpha value is -1.75. The van der Waals surface area contributed by atoms with Gasteiger partial charge < -0.3 is 19.5 Å². The minimum atomic E-state index is -0.407. The molecule has 2 rings (SSSR count). The molecule has 0 aliphatic carbocycles. The predicted molar refractivity (Wildman–Crippen MR) is 61.5 cm³/mol. The van der Waals surface area contributed by atoms with Crippen LogP contribution in [0.3, 0.4) is 0 Å². The van der Waals surface area contributed by atoms with Crippen LogP contribution in [0.5, 0.6) is 11.5 Å². The molecule has 0 saturated carbocycles. The Bertz CT molecular complexity index is 427. The van der Waals surface area contributed by atoms with E-state index in [1.165, 1.54) is 7.11 Å². The topological polar surface area (TPSA) is 59.0 Å². The first kappa shape index (κ1) is 11.7. The van der Waals surface area contributed by atoms with E-state index in [0.29, 0.717) is 30.2 Å². The van der Waals surface area contributed by atoms with Crippen LogP contribution in [0.1, 0.15) is 10.4 Å². The van der Waals surface area contributed by atoms with Gasteiger partial charge in [-0.2, -0.15) is 0 Å². The number of rotatable bonds is 3. The molecule has 1 saturated heterocycles. The van der Waals surface area contributed by atoms with Crippen LogP contribution in [0, 0.1) is 0 Å². The van der Waals surface area contributed by atoms with Crippen molar-refractivity contribution in [3.63, 3.8) is 0 Å². The third-order valence-corrected chi connectivity index (χ3v) is 2.79. The molecule has 1 aromatic rings. The maximum atomic E-state index is 12.1. The first-order valence-electron chi connectivity index (χ1n) is 5.35. The number of aliphatic hydroxyl groups excluding tert-OH is 1. The van der Waals surface area contributed by atoms with Gasteiger partial charge in [-0.05, 0) is 18.2 Å². The molecule has 1 aliphatic heterocycles. The van der Waals surface area contributed by atoms with Gasteiger partial charge in [0.1, 0.15) is 11.5 Å². The Kier molecular flexibility index (Phi) is 3.19. The van der Waals surface area contributed by atoms with Gasteiger partial charge in [-0.1, -0.05) is 0 Å². The van der Waals surface area contributed by atoms with Crippen LogP contribution in [0.15, 0.2) is 18.2 Å². The number of likely N-dealkylation sites (tertiary alicyclic amines) is 1. The van der Waals surface area contributed by atoms with Crippen molar-refractivity contribution in [2.75, 3.05) is 27.3 Å². The molecule has 0 radical (unpaired) electrons. The van der Waals surface area contributed by atoms with E-state index in [0.717, 1.165) is 0 Å². The number of β-amino-alcohol motifs (C(OH)–C–C–N with tert-alkyl or cyclic N) is 1. The van der Waals surface area contributed by atoms with Crippen molar-refractivity contribution in [3.05, 3.63) is 23.8 Å². The van der Waals surface area contributed by atoms with Crippen LogP contribution in [-0.4, -0.2) is 49.3 Å². The summed E-state index contributed by atoms with van der Waals surface area (Å²) in [6, 6.07) is 5.08. The molecule has 5 heteroatoms. The van der Waals surface area contributed by atoms with Crippen molar-refractivity contribution in [2.45, 2.75) is 6.10 Å². The quantitative estimate of drug-likeness (QED) is 0.832. The molecule has 0 aromatic heterocycles. The minimum Gasteiger partial charge on any atom is -0.497 e. The molecule has 1 aromatic carbocycles. The summed E-state index contributed by atoms with van der Waals surface area (Å²) < 4.78 is 10.2. The van der Waals surface area contributed by atoms with Gasteiger partial charge in [-0.15, -0.1) is 0 Å². The van der Waals surface area contributed by atoms with Crippen molar-refractivity contribution in [1.29, 1.82) is 0 Å². The highest BCUT2D eigenvalue weighted by atomic mass is 16.5. The SMILES string of the molecule is COc1ccc(OC)c(C(=O)N2CC(O)C2)c1. The normalized spacial score (nSPS) is 15.4. The fourth-order valence-corrected chi connectivity index (χ4v) is 1.77. The third kappa shape index (κ3) is 2.19. The molecule has 1 fully saturated rings. The summed E-state index contributed by atoms with van der Waals surface area (Å²) in [5.41, 5.74) is 0.457. The number of ether oxygens (including phenoxy) is 2. The van der Waals surface area contributed by atoms with Crippen molar-refractivity contribution >= 4 is 5.91 Å². The monoisotopic (exact) mass is 237 g/mol. The summed E-state index contributed by atoms with van der Waals surface area (Å²) in [6.07, 6.45) is -0.407. The second kappa shape index (κ2) is 4.63. The van der Waals surface area contributed by atoms with Crippen molar-refractivity contribution in [2.24, 2.45) is 0 Å². The number of benzene rings is 1. The summed E-state index contributed by atoms with van der Waals surface area (Å²) in [5, 5.41) is 9.19. The number of amides is 1. The molecular weight excluding hydrogens is 222 g/mol. The lowest BCUT2D eigenvalue weighted by Crippen LogP contribution is -2.53. The second-order valence-corrected chi connectivity index (χ2v) is 3.93. The van der Waals surface area contributed by atoms with Crippen molar-refractivity contribution < 1.29 is 19.4 Å². The van der Waals surface area contributed by atoms with Gasteiger partial charge in [0.15, 0.2) is 0 Å². The van der Waals surface area contributed by atoms with E-state index in [-0.39, 0.29) is 5.91 Å². The molecule has 1 heterocycles. The van der Waals surface area contributed by atoms with Gasteiger partial charge in [0.05, 0.1) is 25.9 Å². The molecule has 1 amide bonds. The van der Waals surface area contributed by atoms with Crippen molar-refractivity contribution in [3.8, 4) is 11.5 Å². The Balaban J connectivity index is 2.25. The smallest absolute Gasteiger partial charge is 0.257 e. The summed E-state index contributed by atoms with van der Waals surface area (Å²) >= 11 is 0. The minimum absolute atomic E-state index is 0.147. The molecule has 92 valence electrons. The number of methoxy groups -OCH3 is 2. The lowest BCUT2D eigenvalue weighted by molar-refractivity contribution is 0.00568. The third-order valence-electron chi connectivity index (χ3n) is 2.79. The van der Waals surface area contributed by atoms with Gasteiger partial charge in [0, 0.05) is 13.1 Å². The molecule has 5 nitrogen and oxygen atoms in total. The number of nitrogens with zero attached hydrogens (tertiary/aromatic N) is 1. The number of carbonyl (C=O) groups is 1. The fraction of sp³-hybridized carbons (Fsp3) is 0.417. The van der Waals surface area contributed by atoms with E-state index in [4.69, 9.17) is 9.47 Å². The first-order chi connectivity index (χ1) is 8.15. The van der Waals surface area contributed by atoms with Crippen LogP contribution in [0.2, 0.25) is 0 Å². The first-order valence-corrected chi connectivity index (χ1v) is 5.35. The summed E-state index contributed by atoms with van der Waals surface area (Å²) in [7, 11) is 3.06. The van der Waals surface area contributed by atoms with Gasteiger partial charge in [0.25, 0.3) is 5.91 Å². The van der Waals surface area contributed by atoms with Crippen molar-refractivity contribution in [1.82, 2.24) is 4.90 Å². The maximum Gasteiger partial charge on any atom is 0.257 e. The van der Waals surface area contributed by atoms with Crippen LogP contribution < -0.4 is 9.47 Å². The molecule has 0 spiro atoms. The predicted octanol–water partition coefficient (Wildman–Crippen LogP) is 0.521. The van der Waals surface area contributed by atoms with E-state index >= 15 is 0 Å². The van der Waals surface area contributed by atoms with E-state index in [1.54, 1.807) is 30.2 Å². The number of hydrogen-bond acceptors (Lipinski definition) is 4. The van der Waals surface area contributed by atoms with Gasteiger partial charge in [0.2, 0.25) is 0 Å². The van der Waals surface area contributed by atoms with Gasteiger partial charge in [-0.3, -0.25) is 4.79 Å². The molecule has 0 atom stereocenters. The Morgan fingerprint density at radius 1 is 1.35 bits per heavy atom. The van der Waals surface area contributed by atoms with Crippen LogP contribution in [0.4, 0.5) is 0 Å². The molecule has 17 heavy (non-hydrogen) atoms. The summed E-state index contributed by atoms with van der Waals surface area (Å²) in [5.74, 6) is 0.971. The molecular formula is C12H15NO4. The lowest BCUT2D eigenvalue weighted by Gasteiger charge is -2.36. The highest BCUT2D eigenvalue weighted by molar-refractivity contribution is 5.97. The maximum absolute atomic E-state index is 12.1. The number of carbonyl (C=O) groups excluding carboxylic acids is 1. The van der Waals surface area contributed by atoms with Crippen LogP contribution in [-0.2, 0) is 0 Å². The molecule has 1 N–H and O–H groups in total. The molecule has 0 bridgehead atoms. The molecule has 1 aliphatic rings. The Morgan fingerprint density at radius 3 is 2.59 bits per heavy atom.